The van der Waals surface area contributed by atoms with Crippen molar-refractivity contribution in [3.05, 3.63) is 33.3 Å². The molecule has 21 heavy (non-hydrogen) atoms. The van der Waals surface area contributed by atoms with Gasteiger partial charge in [0.15, 0.2) is 0 Å². The topological polar surface area (TPSA) is 44.8 Å². The van der Waals surface area contributed by atoms with Gasteiger partial charge in [0.2, 0.25) is 0 Å². The van der Waals surface area contributed by atoms with Crippen molar-refractivity contribution in [2.45, 2.75) is 58.0 Å². The van der Waals surface area contributed by atoms with E-state index in [1.165, 1.54) is 66.4 Å². The van der Waals surface area contributed by atoms with Crippen LogP contribution in [0.5, 0.6) is 0 Å². The summed E-state index contributed by atoms with van der Waals surface area (Å²) in [4.78, 5) is 16.9. The number of aromatic nitrogens is 3. The summed E-state index contributed by atoms with van der Waals surface area (Å²) < 4.78 is 0. The van der Waals surface area contributed by atoms with Crippen molar-refractivity contribution in [1.29, 1.82) is 0 Å². The molecule has 3 heterocycles. The molecule has 0 radical (unpaired) electrons. The van der Waals surface area contributed by atoms with Gasteiger partial charge in [-0.1, -0.05) is 0 Å². The number of imidazole rings is 1. The highest BCUT2D eigenvalue weighted by atomic mass is 32.1. The maximum Gasteiger partial charge on any atom is 0.124 e. The number of thiazole rings is 1. The Morgan fingerprint density at radius 3 is 3.05 bits per heavy atom. The van der Waals surface area contributed by atoms with Crippen LogP contribution in [-0.2, 0) is 19.4 Å². The lowest BCUT2D eigenvalue weighted by Gasteiger charge is -2.22. The van der Waals surface area contributed by atoms with Crippen molar-refractivity contribution in [3.8, 4) is 0 Å². The number of aryl methyl sites for hydroxylation is 3. The van der Waals surface area contributed by atoms with Gasteiger partial charge in [-0.25, -0.2) is 9.97 Å². The van der Waals surface area contributed by atoms with E-state index in [0.717, 1.165) is 13.0 Å². The summed E-state index contributed by atoms with van der Waals surface area (Å²) in [7, 11) is 0. The number of nitrogens with one attached hydrogen (secondary N) is 1. The monoisotopic (exact) mass is 302 g/mol. The number of rotatable bonds is 3. The summed E-state index contributed by atoms with van der Waals surface area (Å²) in [5.74, 6) is 1.21. The van der Waals surface area contributed by atoms with Crippen molar-refractivity contribution in [1.82, 2.24) is 19.9 Å². The largest absolute Gasteiger partial charge is 0.344 e. The van der Waals surface area contributed by atoms with Gasteiger partial charge in [-0.3, -0.25) is 4.90 Å². The number of fused-ring (bicyclic) bond motifs is 1. The molecule has 0 amide bonds. The molecule has 2 aromatic rings. The maximum absolute atomic E-state index is 4.93. The van der Waals surface area contributed by atoms with Crippen LogP contribution < -0.4 is 0 Å². The third kappa shape index (κ3) is 2.53. The average molecular weight is 302 g/mol. The highest BCUT2D eigenvalue weighted by molar-refractivity contribution is 7.09. The standard InChI is InChI=1S/C16H22N4S/c1-11-15(21-10-17-11)9-20-8-4-7-14(20)16-18-12-5-2-3-6-13(12)19-16/h10,14H,2-9H2,1H3,(H,18,19). The number of nitrogens with zero attached hydrogens (tertiary/aromatic N) is 3. The van der Waals surface area contributed by atoms with E-state index in [9.17, 15) is 0 Å². The molecule has 2 aromatic heterocycles. The van der Waals surface area contributed by atoms with Gasteiger partial charge >= 0.3 is 0 Å². The van der Waals surface area contributed by atoms with Gasteiger partial charge in [-0.2, -0.15) is 0 Å². The predicted octanol–water partition coefficient (Wildman–Crippen LogP) is 3.39. The van der Waals surface area contributed by atoms with Crippen LogP contribution in [-0.4, -0.2) is 26.4 Å². The van der Waals surface area contributed by atoms with Crippen LogP contribution in [0.15, 0.2) is 5.51 Å². The third-order valence-corrected chi connectivity index (χ3v) is 5.76. The third-order valence-electron chi connectivity index (χ3n) is 4.84. The van der Waals surface area contributed by atoms with Crippen LogP contribution in [0.2, 0.25) is 0 Å². The molecule has 4 nitrogen and oxygen atoms in total. The maximum atomic E-state index is 4.93. The zero-order chi connectivity index (χ0) is 14.2. The van der Waals surface area contributed by atoms with Crippen LogP contribution in [0.3, 0.4) is 0 Å². The molecule has 5 heteroatoms. The molecule has 1 aliphatic carbocycles. The molecule has 0 spiro atoms. The van der Waals surface area contributed by atoms with E-state index in [4.69, 9.17) is 4.98 Å². The van der Waals surface area contributed by atoms with Gasteiger partial charge in [-0.15, -0.1) is 11.3 Å². The fourth-order valence-electron chi connectivity index (χ4n) is 3.62. The number of aromatic amines is 1. The summed E-state index contributed by atoms with van der Waals surface area (Å²) in [5, 5.41) is 0. The van der Waals surface area contributed by atoms with Crippen LogP contribution >= 0.6 is 11.3 Å². The Kier molecular flexibility index (Phi) is 3.55. The Bertz CT molecular complexity index is 607. The normalized spacial score (nSPS) is 22.6. The lowest BCUT2D eigenvalue weighted by molar-refractivity contribution is 0.242. The van der Waals surface area contributed by atoms with Crippen molar-refractivity contribution >= 4 is 11.3 Å². The molecule has 0 saturated carbocycles. The summed E-state index contributed by atoms with van der Waals surface area (Å²) in [5.41, 5.74) is 5.87. The lowest BCUT2D eigenvalue weighted by atomic mass is 10.0. The Hall–Kier alpha value is -1.20. The fourth-order valence-corrected chi connectivity index (χ4v) is 4.42. The molecule has 1 saturated heterocycles. The van der Waals surface area contributed by atoms with E-state index < -0.39 is 0 Å². The van der Waals surface area contributed by atoms with Gasteiger partial charge in [0.25, 0.3) is 0 Å². The minimum Gasteiger partial charge on any atom is -0.344 e. The minimum absolute atomic E-state index is 0.470. The second kappa shape index (κ2) is 5.54. The molecule has 0 aromatic carbocycles. The molecule has 2 aliphatic rings. The second-order valence-electron chi connectivity index (χ2n) is 6.24. The van der Waals surface area contributed by atoms with Crippen LogP contribution in [0.4, 0.5) is 0 Å². The number of likely N-dealkylation sites (tertiary alicyclic amines) is 1. The first-order valence-electron chi connectivity index (χ1n) is 8.02. The predicted molar refractivity (Wildman–Crippen MR) is 84.5 cm³/mol. The highest BCUT2D eigenvalue weighted by Crippen LogP contribution is 2.34. The van der Waals surface area contributed by atoms with Gasteiger partial charge in [0, 0.05) is 17.1 Å². The quantitative estimate of drug-likeness (QED) is 0.945. The van der Waals surface area contributed by atoms with E-state index in [0.29, 0.717) is 6.04 Å². The lowest BCUT2D eigenvalue weighted by Crippen LogP contribution is -2.23. The molecule has 112 valence electrons. The van der Waals surface area contributed by atoms with Crippen molar-refractivity contribution in [3.63, 3.8) is 0 Å². The van der Waals surface area contributed by atoms with Gasteiger partial charge < -0.3 is 4.98 Å². The molecular formula is C16H22N4S. The average Bonchev–Trinajstić information content (AvgIpc) is 3.19. The Labute approximate surface area is 129 Å². The van der Waals surface area contributed by atoms with E-state index in [1.54, 1.807) is 11.3 Å². The summed E-state index contributed by atoms with van der Waals surface area (Å²) in [6.45, 7) is 4.31. The zero-order valence-corrected chi connectivity index (χ0v) is 13.4. The van der Waals surface area contributed by atoms with E-state index in [2.05, 4.69) is 21.8 Å². The Morgan fingerprint density at radius 2 is 2.24 bits per heavy atom. The molecule has 1 unspecified atom stereocenters. The van der Waals surface area contributed by atoms with Crippen molar-refractivity contribution in [2.24, 2.45) is 0 Å². The molecule has 4 rings (SSSR count). The highest BCUT2D eigenvalue weighted by Gasteiger charge is 2.30. The first-order chi connectivity index (χ1) is 10.3. The minimum atomic E-state index is 0.470. The second-order valence-corrected chi connectivity index (χ2v) is 7.18. The van der Waals surface area contributed by atoms with Crippen LogP contribution in [0.25, 0.3) is 0 Å². The van der Waals surface area contributed by atoms with E-state index >= 15 is 0 Å². The van der Waals surface area contributed by atoms with E-state index in [1.807, 2.05) is 5.51 Å². The van der Waals surface area contributed by atoms with Gasteiger partial charge in [-0.05, 0) is 52.0 Å². The molecule has 1 N–H and O–H groups in total. The Morgan fingerprint density at radius 1 is 1.33 bits per heavy atom. The fraction of sp³-hybridized carbons (Fsp3) is 0.625. The summed E-state index contributed by atoms with van der Waals surface area (Å²) in [6.07, 6.45) is 7.45. The molecule has 0 bridgehead atoms. The number of hydrogen-bond acceptors (Lipinski definition) is 4. The zero-order valence-electron chi connectivity index (χ0n) is 12.6. The number of H-pyrrole nitrogens is 1. The summed E-state index contributed by atoms with van der Waals surface area (Å²) >= 11 is 1.78. The van der Waals surface area contributed by atoms with Crippen LogP contribution in [0.1, 0.15) is 59.5 Å². The SMILES string of the molecule is Cc1ncsc1CN1CCCC1c1nc2c([nH]1)CCCC2. The van der Waals surface area contributed by atoms with E-state index in [-0.39, 0.29) is 0 Å². The first kappa shape index (κ1) is 13.5. The smallest absolute Gasteiger partial charge is 0.124 e. The molecule has 1 aliphatic heterocycles. The summed E-state index contributed by atoms with van der Waals surface area (Å²) in [6, 6.07) is 0.470. The van der Waals surface area contributed by atoms with Gasteiger partial charge in [0.05, 0.1) is 22.9 Å². The van der Waals surface area contributed by atoms with Crippen molar-refractivity contribution in [2.75, 3.05) is 6.54 Å². The number of hydrogen-bond donors (Lipinski definition) is 1. The molecular weight excluding hydrogens is 280 g/mol. The Balaban J connectivity index is 1.56. The molecule has 1 atom stereocenters. The molecule has 1 fully saturated rings. The first-order valence-corrected chi connectivity index (χ1v) is 8.90. The van der Waals surface area contributed by atoms with Gasteiger partial charge in [0.1, 0.15) is 5.82 Å². The van der Waals surface area contributed by atoms with Crippen molar-refractivity contribution < 1.29 is 0 Å². The van der Waals surface area contributed by atoms with Crippen LogP contribution in [0, 0.1) is 6.92 Å².